The van der Waals surface area contributed by atoms with Crippen LogP contribution in [0, 0.1) is 5.92 Å². The lowest BCUT2D eigenvalue weighted by Crippen LogP contribution is -2.29. The summed E-state index contributed by atoms with van der Waals surface area (Å²) in [6, 6.07) is 7.88. The molecule has 4 heteroatoms. The molecule has 1 unspecified atom stereocenters. The second-order valence-electron chi connectivity index (χ2n) is 5.28. The standard InChI is InChI=1S/C17H26BrNO2/c1-3-4-15(11-12-18)13-19-17(20)10-7-14-5-8-16(21-2)9-6-14/h5-6,8-9,15H,3-4,7,10-13H2,1-2H3,(H,19,20). The van der Waals surface area contributed by atoms with E-state index in [4.69, 9.17) is 4.74 Å². The van der Waals surface area contributed by atoms with Crippen LogP contribution in [0.15, 0.2) is 24.3 Å². The molecule has 0 aromatic heterocycles. The van der Waals surface area contributed by atoms with Gasteiger partial charge >= 0.3 is 0 Å². The number of aryl methyl sites for hydroxylation is 1. The number of nitrogens with one attached hydrogen (secondary N) is 1. The molecule has 0 spiro atoms. The fourth-order valence-electron chi connectivity index (χ4n) is 2.31. The van der Waals surface area contributed by atoms with Crippen LogP contribution >= 0.6 is 15.9 Å². The quantitative estimate of drug-likeness (QED) is 0.645. The highest BCUT2D eigenvalue weighted by atomic mass is 79.9. The molecule has 0 aliphatic rings. The Hall–Kier alpha value is -1.03. The second kappa shape index (κ2) is 10.7. The minimum Gasteiger partial charge on any atom is -0.497 e. The normalized spacial score (nSPS) is 12.0. The van der Waals surface area contributed by atoms with E-state index < -0.39 is 0 Å². The van der Waals surface area contributed by atoms with Crippen molar-refractivity contribution in [3.8, 4) is 5.75 Å². The van der Waals surface area contributed by atoms with Crippen molar-refractivity contribution in [2.45, 2.75) is 39.0 Å². The van der Waals surface area contributed by atoms with Crippen molar-refractivity contribution in [2.24, 2.45) is 5.92 Å². The van der Waals surface area contributed by atoms with Gasteiger partial charge in [0.15, 0.2) is 0 Å². The number of hydrogen-bond donors (Lipinski definition) is 1. The Morgan fingerprint density at radius 3 is 2.57 bits per heavy atom. The van der Waals surface area contributed by atoms with E-state index in [0.29, 0.717) is 12.3 Å². The Morgan fingerprint density at radius 1 is 1.29 bits per heavy atom. The number of rotatable bonds is 10. The van der Waals surface area contributed by atoms with Gasteiger partial charge in [0.25, 0.3) is 0 Å². The molecule has 1 amide bonds. The number of methoxy groups -OCH3 is 1. The Bertz CT molecular complexity index is 400. The van der Waals surface area contributed by atoms with Crippen LogP contribution in [0.25, 0.3) is 0 Å². The minimum atomic E-state index is 0.140. The molecule has 0 aliphatic heterocycles. The van der Waals surface area contributed by atoms with Crippen molar-refractivity contribution in [1.82, 2.24) is 5.32 Å². The summed E-state index contributed by atoms with van der Waals surface area (Å²) in [5, 5.41) is 4.06. The van der Waals surface area contributed by atoms with Gasteiger partial charge in [-0.3, -0.25) is 4.79 Å². The molecule has 0 fully saturated rings. The summed E-state index contributed by atoms with van der Waals surface area (Å²) in [6.45, 7) is 2.98. The summed E-state index contributed by atoms with van der Waals surface area (Å²) in [7, 11) is 1.65. The lowest BCUT2D eigenvalue weighted by molar-refractivity contribution is -0.121. The summed E-state index contributed by atoms with van der Waals surface area (Å²) in [4.78, 5) is 11.9. The van der Waals surface area contributed by atoms with Gasteiger partial charge < -0.3 is 10.1 Å². The van der Waals surface area contributed by atoms with Gasteiger partial charge in [0, 0.05) is 18.3 Å². The van der Waals surface area contributed by atoms with Crippen LogP contribution < -0.4 is 10.1 Å². The number of halogens is 1. The van der Waals surface area contributed by atoms with E-state index in [-0.39, 0.29) is 5.91 Å². The van der Waals surface area contributed by atoms with E-state index in [2.05, 4.69) is 28.2 Å². The summed E-state index contributed by atoms with van der Waals surface area (Å²) < 4.78 is 5.12. The third-order valence-corrected chi connectivity index (χ3v) is 4.06. The molecule has 0 heterocycles. The molecular formula is C17H26BrNO2. The molecule has 21 heavy (non-hydrogen) atoms. The molecule has 1 aromatic carbocycles. The Labute approximate surface area is 136 Å². The number of benzene rings is 1. The maximum Gasteiger partial charge on any atom is 0.220 e. The van der Waals surface area contributed by atoms with E-state index >= 15 is 0 Å². The molecule has 1 rings (SSSR count). The first-order chi connectivity index (χ1) is 10.2. The van der Waals surface area contributed by atoms with Gasteiger partial charge in [-0.25, -0.2) is 0 Å². The highest BCUT2D eigenvalue weighted by Crippen LogP contribution is 2.13. The number of amides is 1. The first-order valence-corrected chi connectivity index (χ1v) is 8.77. The van der Waals surface area contributed by atoms with Crippen LogP contribution in [0.4, 0.5) is 0 Å². The fraction of sp³-hybridized carbons (Fsp3) is 0.588. The molecule has 0 aliphatic carbocycles. The molecule has 118 valence electrons. The van der Waals surface area contributed by atoms with Crippen molar-refractivity contribution < 1.29 is 9.53 Å². The predicted molar refractivity (Wildman–Crippen MR) is 91.1 cm³/mol. The first kappa shape index (κ1) is 18.0. The third kappa shape index (κ3) is 7.51. The number of carbonyl (C=O) groups is 1. The van der Waals surface area contributed by atoms with Gasteiger partial charge in [-0.1, -0.05) is 41.4 Å². The Balaban J connectivity index is 2.29. The third-order valence-electron chi connectivity index (χ3n) is 3.60. The smallest absolute Gasteiger partial charge is 0.220 e. The monoisotopic (exact) mass is 355 g/mol. The first-order valence-electron chi connectivity index (χ1n) is 7.65. The van der Waals surface area contributed by atoms with E-state index in [0.717, 1.165) is 36.0 Å². The molecular weight excluding hydrogens is 330 g/mol. The minimum absolute atomic E-state index is 0.140. The summed E-state index contributed by atoms with van der Waals surface area (Å²) in [6.07, 6.45) is 4.77. The zero-order valence-electron chi connectivity index (χ0n) is 13.0. The second-order valence-corrected chi connectivity index (χ2v) is 6.08. The average molecular weight is 356 g/mol. The van der Waals surface area contributed by atoms with E-state index in [1.165, 1.54) is 12.8 Å². The van der Waals surface area contributed by atoms with E-state index in [9.17, 15) is 4.79 Å². The van der Waals surface area contributed by atoms with Crippen LogP contribution in [0.2, 0.25) is 0 Å². The number of carbonyl (C=O) groups excluding carboxylic acids is 1. The maximum atomic E-state index is 11.9. The van der Waals surface area contributed by atoms with E-state index in [1.54, 1.807) is 7.11 Å². The van der Waals surface area contributed by atoms with Gasteiger partial charge in [0.2, 0.25) is 5.91 Å². The SMILES string of the molecule is CCCC(CCBr)CNC(=O)CCc1ccc(OC)cc1. The molecule has 1 aromatic rings. The van der Waals surface area contributed by atoms with Crippen LogP contribution in [0.3, 0.4) is 0 Å². The highest BCUT2D eigenvalue weighted by molar-refractivity contribution is 9.09. The van der Waals surface area contributed by atoms with Crippen LogP contribution in [0.5, 0.6) is 5.75 Å². The number of hydrogen-bond acceptors (Lipinski definition) is 2. The van der Waals surface area contributed by atoms with Crippen molar-refractivity contribution >= 4 is 21.8 Å². The predicted octanol–water partition coefficient (Wildman–Crippen LogP) is 3.95. The number of ether oxygens (including phenoxy) is 1. The zero-order chi connectivity index (χ0) is 15.5. The van der Waals surface area contributed by atoms with Crippen molar-refractivity contribution in [1.29, 1.82) is 0 Å². The fourth-order valence-corrected chi connectivity index (χ4v) is 2.96. The molecule has 1 N–H and O–H groups in total. The molecule has 3 nitrogen and oxygen atoms in total. The lowest BCUT2D eigenvalue weighted by atomic mass is 10.0. The summed E-state index contributed by atoms with van der Waals surface area (Å²) in [5.41, 5.74) is 1.16. The molecule has 1 atom stereocenters. The maximum absolute atomic E-state index is 11.9. The molecule has 0 radical (unpaired) electrons. The molecule has 0 bridgehead atoms. The number of alkyl halides is 1. The van der Waals surface area contributed by atoms with Gasteiger partial charge in [-0.15, -0.1) is 0 Å². The topological polar surface area (TPSA) is 38.3 Å². The Morgan fingerprint density at radius 2 is 2.00 bits per heavy atom. The van der Waals surface area contributed by atoms with Crippen molar-refractivity contribution in [3.63, 3.8) is 0 Å². The average Bonchev–Trinajstić information content (AvgIpc) is 2.51. The summed E-state index contributed by atoms with van der Waals surface area (Å²) in [5.74, 6) is 1.57. The van der Waals surface area contributed by atoms with Gasteiger partial charge in [0.1, 0.15) is 5.75 Å². The van der Waals surface area contributed by atoms with Crippen molar-refractivity contribution in [2.75, 3.05) is 19.0 Å². The Kier molecular flexibility index (Phi) is 9.15. The van der Waals surface area contributed by atoms with Gasteiger partial charge in [0.05, 0.1) is 7.11 Å². The van der Waals surface area contributed by atoms with Gasteiger partial charge in [-0.05, 0) is 42.9 Å². The van der Waals surface area contributed by atoms with Crippen LogP contribution in [0.1, 0.15) is 38.2 Å². The molecule has 0 saturated carbocycles. The van der Waals surface area contributed by atoms with Crippen LogP contribution in [-0.2, 0) is 11.2 Å². The van der Waals surface area contributed by atoms with E-state index in [1.807, 2.05) is 24.3 Å². The van der Waals surface area contributed by atoms with Crippen LogP contribution in [-0.4, -0.2) is 24.9 Å². The zero-order valence-corrected chi connectivity index (χ0v) is 14.6. The summed E-state index contributed by atoms with van der Waals surface area (Å²) >= 11 is 3.48. The molecule has 0 saturated heterocycles. The highest BCUT2D eigenvalue weighted by Gasteiger charge is 2.09. The van der Waals surface area contributed by atoms with Gasteiger partial charge in [-0.2, -0.15) is 0 Å². The lowest BCUT2D eigenvalue weighted by Gasteiger charge is -2.15. The van der Waals surface area contributed by atoms with Crippen molar-refractivity contribution in [3.05, 3.63) is 29.8 Å². The largest absolute Gasteiger partial charge is 0.497 e.